The average Bonchev–Trinajstić information content (AvgIpc) is 2.51. The van der Waals surface area contributed by atoms with Crippen LogP contribution in [0.4, 0.5) is 5.82 Å². The third-order valence-corrected chi connectivity index (χ3v) is 3.01. The number of hydrogen-bond donors (Lipinski definition) is 2. The number of amides is 1. The van der Waals surface area contributed by atoms with Crippen LogP contribution in [0.25, 0.3) is 0 Å². The smallest absolute Gasteiger partial charge is 0.342 e. The lowest BCUT2D eigenvalue weighted by Crippen LogP contribution is -2.28. The van der Waals surface area contributed by atoms with Crippen LogP contribution in [-0.2, 0) is 16.1 Å². The lowest BCUT2D eigenvalue weighted by molar-refractivity contribution is -0.124. The summed E-state index contributed by atoms with van der Waals surface area (Å²) >= 11 is 5.85. The topological polar surface area (TPSA) is 94.3 Å². The fourth-order valence-electron chi connectivity index (χ4n) is 1.70. The molecule has 1 aromatic carbocycles. The van der Waals surface area contributed by atoms with Crippen molar-refractivity contribution in [3.05, 3.63) is 58.7 Å². The monoisotopic (exact) mass is 319 g/mol. The molecule has 0 saturated carbocycles. The molecule has 0 aliphatic heterocycles. The van der Waals surface area contributed by atoms with Crippen molar-refractivity contribution in [1.82, 2.24) is 10.3 Å². The van der Waals surface area contributed by atoms with Gasteiger partial charge in [-0.2, -0.15) is 0 Å². The highest BCUT2D eigenvalue weighted by Gasteiger charge is 2.13. The highest BCUT2D eigenvalue weighted by Crippen LogP contribution is 2.10. The van der Waals surface area contributed by atoms with E-state index in [4.69, 9.17) is 22.1 Å². The Balaban J connectivity index is 1.81. The van der Waals surface area contributed by atoms with E-state index in [-0.39, 0.29) is 11.4 Å². The molecule has 0 bridgehead atoms. The minimum atomic E-state index is -0.691. The zero-order valence-corrected chi connectivity index (χ0v) is 12.3. The van der Waals surface area contributed by atoms with Crippen LogP contribution in [0, 0.1) is 0 Å². The van der Waals surface area contributed by atoms with Crippen molar-refractivity contribution in [2.24, 2.45) is 0 Å². The quantitative estimate of drug-likeness (QED) is 0.819. The molecule has 114 valence electrons. The SMILES string of the molecule is Nc1ncccc1C(=O)OCC(=O)NCc1cccc(Cl)c1. The molecule has 0 fully saturated rings. The maximum absolute atomic E-state index is 11.7. The fourth-order valence-corrected chi connectivity index (χ4v) is 1.91. The number of rotatable bonds is 5. The lowest BCUT2D eigenvalue weighted by atomic mass is 10.2. The largest absolute Gasteiger partial charge is 0.452 e. The molecular formula is C15H14ClN3O3. The zero-order chi connectivity index (χ0) is 15.9. The van der Waals surface area contributed by atoms with Crippen molar-refractivity contribution in [3.8, 4) is 0 Å². The number of benzene rings is 1. The van der Waals surface area contributed by atoms with E-state index in [0.29, 0.717) is 11.6 Å². The second kappa shape index (κ2) is 7.42. The fraction of sp³-hybridized carbons (Fsp3) is 0.133. The van der Waals surface area contributed by atoms with Crippen LogP contribution in [-0.4, -0.2) is 23.5 Å². The summed E-state index contributed by atoms with van der Waals surface area (Å²) in [6.07, 6.45) is 1.46. The van der Waals surface area contributed by atoms with E-state index in [9.17, 15) is 9.59 Å². The Bertz CT molecular complexity index is 691. The van der Waals surface area contributed by atoms with Gasteiger partial charge in [-0.1, -0.05) is 23.7 Å². The molecule has 1 heterocycles. The predicted octanol–water partition coefficient (Wildman–Crippen LogP) is 1.79. The number of nitrogens with zero attached hydrogens (tertiary/aromatic N) is 1. The Morgan fingerprint density at radius 2 is 2.09 bits per heavy atom. The van der Waals surface area contributed by atoms with E-state index in [1.165, 1.54) is 12.3 Å². The molecule has 2 aromatic rings. The molecule has 0 aliphatic carbocycles. The Morgan fingerprint density at radius 1 is 1.27 bits per heavy atom. The van der Waals surface area contributed by atoms with E-state index in [1.807, 2.05) is 6.07 Å². The highest BCUT2D eigenvalue weighted by molar-refractivity contribution is 6.30. The number of pyridine rings is 1. The third kappa shape index (κ3) is 4.46. The number of carbonyl (C=O) groups excluding carboxylic acids is 2. The molecule has 0 saturated heterocycles. The van der Waals surface area contributed by atoms with E-state index in [1.54, 1.807) is 24.3 Å². The van der Waals surface area contributed by atoms with Gasteiger partial charge in [0.05, 0.1) is 0 Å². The summed E-state index contributed by atoms with van der Waals surface area (Å²) in [5.74, 6) is -1.05. The molecule has 22 heavy (non-hydrogen) atoms. The Morgan fingerprint density at radius 3 is 2.82 bits per heavy atom. The lowest BCUT2D eigenvalue weighted by Gasteiger charge is -2.07. The predicted molar refractivity (Wildman–Crippen MR) is 82.2 cm³/mol. The van der Waals surface area contributed by atoms with Gasteiger partial charge in [-0.25, -0.2) is 9.78 Å². The first-order valence-corrected chi connectivity index (χ1v) is 6.83. The zero-order valence-electron chi connectivity index (χ0n) is 11.6. The van der Waals surface area contributed by atoms with Gasteiger partial charge < -0.3 is 15.8 Å². The van der Waals surface area contributed by atoms with Crippen LogP contribution in [0.2, 0.25) is 5.02 Å². The molecule has 0 unspecified atom stereocenters. The molecule has 3 N–H and O–H groups in total. The minimum Gasteiger partial charge on any atom is -0.452 e. The second-order valence-electron chi connectivity index (χ2n) is 4.42. The van der Waals surface area contributed by atoms with Crippen LogP contribution < -0.4 is 11.1 Å². The number of esters is 1. The average molecular weight is 320 g/mol. The molecule has 0 aliphatic rings. The second-order valence-corrected chi connectivity index (χ2v) is 4.86. The number of aromatic nitrogens is 1. The molecule has 6 nitrogen and oxygen atoms in total. The summed E-state index contributed by atoms with van der Waals surface area (Å²) in [6, 6.07) is 10.1. The summed E-state index contributed by atoms with van der Waals surface area (Å²) in [5, 5.41) is 3.21. The molecule has 2 rings (SSSR count). The molecule has 0 radical (unpaired) electrons. The maximum atomic E-state index is 11.7. The van der Waals surface area contributed by atoms with E-state index in [2.05, 4.69) is 10.3 Å². The van der Waals surface area contributed by atoms with Crippen LogP contribution in [0.3, 0.4) is 0 Å². The number of nitrogen functional groups attached to an aromatic ring is 1. The first-order valence-electron chi connectivity index (χ1n) is 6.45. The van der Waals surface area contributed by atoms with Gasteiger partial charge in [0.15, 0.2) is 6.61 Å². The maximum Gasteiger partial charge on any atom is 0.342 e. The Hall–Kier alpha value is -2.60. The number of nitrogens with two attached hydrogens (primary N) is 1. The molecule has 0 atom stereocenters. The van der Waals surface area contributed by atoms with Gasteiger partial charge >= 0.3 is 5.97 Å². The summed E-state index contributed by atoms with van der Waals surface area (Å²) < 4.78 is 4.89. The van der Waals surface area contributed by atoms with E-state index < -0.39 is 18.5 Å². The number of carbonyl (C=O) groups is 2. The number of hydrogen-bond acceptors (Lipinski definition) is 5. The van der Waals surface area contributed by atoms with Crippen molar-refractivity contribution in [2.45, 2.75) is 6.54 Å². The Kier molecular flexibility index (Phi) is 5.32. The van der Waals surface area contributed by atoms with Crippen molar-refractivity contribution in [3.63, 3.8) is 0 Å². The van der Waals surface area contributed by atoms with Gasteiger partial charge in [-0.05, 0) is 29.8 Å². The van der Waals surface area contributed by atoms with Gasteiger partial charge in [-0.3, -0.25) is 4.79 Å². The highest BCUT2D eigenvalue weighted by atomic mass is 35.5. The van der Waals surface area contributed by atoms with Crippen LogP contribution in [0.15, 0.2) is 42.6 Å². The number of nitrogens with one attached hydrogen (secondary N) is 1. The number of anilines is 1. The summed E-state index contributed by atoms with van der Waals surface area (Å²) in [7, 11) is 0. The van der Waals surface area contributed by atoms with E-state index in [0.717, 1.165) is 5.56 Å². The van der Waals surface area contributed by atoms with Gasteiger partial charge in [-0.15, -0.1) is 0 Å². The summed E-state index contributed by atoms with van der Waals surface area (Å²) in [6.45, 7) is -0.0975. The van der Waals surface area contributed by atoms with Crippen molar-refractivity contribution in [1.29, 1.82) is 0 Å². The first-order chi connectivity index (χ1) is 10.6. The third-order valence-electron chi connectivity index (χ3n) is 2.77. The van der Waals surface area contributed by atoms with Gasteiger partial charge in [0.2, 0.25) is 0 Å². The first kappa shape index (κ1) is 15.8. The molecule has 1 amide bonds. The van der Waals surface area contributed by atoms with E-state index >= 15 is 0 Å². The van der Waals surface area contributed by atoms with Gasteiger partial charge in [0.25, 0.3) is 5.91 Å². The normalized spacial score (nSPS) is 10.0. The standard InChI is InChI=1S/C15H14ClN3O3/c16-11-4-1-3-10(7-11)8-19-13(20)9-22-15(21)12-5-2-6-18-14(12)17/h1-7H,8-9H2,(H2,17,18)(H,19,20). The van der Waals surface area contributed by atoms with Crippen molar-refractivity contribution in [2.75, 3.05) is 12.3 Å². The van der Waals surface area contributed by atoms with Crippen molar-refractivity contribution < 1.29 is 14.3 Å². The van der Waals surface area contributed by atoms with Crippen LogP contribution in [0.5, 0.6) is 0 Å². The van der Waals surface area contributed by atoms with Gasteiger partial charge in [0.1, 0.15) is 11.4 Å². The number of halogens is 1. The summed E-state index contributed by atoms with van der Waals surface area (Å²) in [5.41, 5.74) is 6.53. The van der Waals surface area contributed by atoms with Crippen LogP contribution in [0.1, 0.15) is 15.9 Å². The Labute approximate surface area is 132 Å². The van der Waals surface area contributed by atoms with Crippen LogP contribution >= 0.6 is 11.6 Å². The van der Waals surface area contributed by atoms with Gasteiger partial charge in [0, 0.05) is 17.8 Å². The molecule has 1 aromatic heterocycles. The van der Waals surface area contributed by atoms with Crippen molar-refractivity contribution >= 4 is 29.3 Å². The minimum absolute atomic E-state index is 0.0619. The number of ether oxygens (including phenoxy) is 1. The molecular weight excluding hydrogens is 306 g/mol. The summed E-state index contributed by atoms with van der Waals surface area (Å²) in [4.78, 5) is 27.2. The molecule has 7 heteroatoms. The molecule has 0 spiro atoms.